The number of fused-ring (bicyclic) bond motifs is 1. The van der Waals surface area contributed by atoms with Crippen molar-refractivity contribution in [2.75, 3.05) is 7.11 Å². The molecule has 0 saturated carbocycles. The molecule has 4 nitrogen and oxygen atoms in total. The molecule has 0 aliphatic carbocycles. The zero-order chi connectivity index (χ0) is 15.1. The van der Waals surface area contributed by atoms with Gasteiger partial charge in [-0.3, -0.25) is 0 Å². The Morgan fingerprint density at radius 3 is 2.48 bits per heavy atom. The molecule has 0 bridgehead atoms. The number of benzene rings is 2. The summed E-state index contributed by atoms with van der Waals surface area (Å²) in [7, 11) is 1.45. The zero-order valence-corrected chi connectivity index (χ0v) is 13.0. The van der Waals surface area contributed by atoms with Gasteiger partial charge in [0.1, 0.15) is 5.82 Å². The average Bonchev–Trinajstić information content (AvgIpc) is 2.85. The van der Waals surface area contributed by atoms with Gasteiger partial charge in [-0.05, 0) is 24.3 Å². The van der Waals surface area contributed by atoms with Crippen LogP contribution in [0.3, 0.4) is 0 Å². The minimum Gasteiger partial charge on any atom is -0.503 e. The first-order chi connectivity index (χ1) is 9.99. The lowest BCUT2D eigenvalue weighted by molar-refractivity contribution is 0.374. The minimum atomic E-state index is -0.106. The topological polar surface area (TPSA) is 58.1 Å². The number of aromatic nitrogens is 2. The third-order valence-electron chi connectivity index (χ3n) is 3.05. The number of nitrogens with zero attached hydrogens (tertiary/aromatic N) is 1. The highest BCUT2D eigenvalue weighted by atomic mass is 35.5. The van der Waals surface area contributed by atoms with E-state index in [1.807, 2.05) is 0 Å². The highest BCUT2D eigenvalue weighted by Crippen LogP contribution is 2.38. The van der Waals surface area contributed by atoms with Gasteiger partial charge in [0.05, 0.1) is 33.2 Å². The van der Waals surface area contributed by atoms with E-state index >= 15 is 0 Å². The number of H-pyrrole nitrogens is 1. The van der Waals surface area contributed by atoms with Crippen LogP contribution >= 0.6 is 34.8 Å². The molecule has 0 radical (unpaired) electrons. The maximum absolute atomic E-state index is 9.76. The second kappa shape index (κ2) is 5.30. The second-order valence-electron chi connectivity index (χ2n) is 4.38. The summed E-state index contributed by atoms with van der Waals surface area (Å²) < 4.78 is 5.08. The molecule has 0 atom stereocenters. The molecule has 0 unspecified atom stereocenters. The van der Waals surface area contributed by atoms with Crippen LogP contribution in [0.4, 0.5) is 0 Å². The van der Waals surface area contributed by atoms with Gasteiger partial charge in [0.15, 0.2) is 11.5 Å². The molecule has 3 rings (SSSR count). The van der Waals surface area contributed by atoms with Gasteiger partial charge in [-0.25, -0.2) is 4.98 Å². The summed E-state index contributed by atoms with van der Waals surface area (Å²) in [5.41, 5.74) is 2.11. The van der Waals surface area contributed by atoms with Crippen LogP contribution in [0.15, 0.2) is 24.3 Å². The number of aromatic hydroxyl groups is 1. The van der Waals surface area contributed by atoms with E-state index in [9.17, 15) is 5.11 Å². The molecule has 0 aliphatic heterocycles. The minimum absolute atomic E-state index is 0.106. The SMILES string of the molecule is COc1cc(-c2nc3cc(Cl)c(Cl)cc3[nH]2)cc(Cl)c1O. The Balaban J connectivity index is 2.18. The number of aromatic amines is 1. The Bertz CT molecular complexity index is 807. The Kier molecular flexibility index (Phi) is 3.61. The maximum Gasteiger partial charge on any atom is 0.176 e. The fraction of sp³-hybridized carbons (Fsp3) is 0.0714. The number of imidazole rings is 1. The number of methoxy groups -OCH3 is 1. The van der Waals surface area contributed by atoms with Crippen LogP contribution in [0.1, 0.15) is 0 Å². The number of nitrogens with one attached hydrogen (secondary N) is 1. The first-order valence-corrected chi connectivity index (χ1v) is 7.04. The molecule has 0 saturated heterocycles. The number of halogens is 3. The highest BCUT2D eigenvalue weighted by molar-refractivity contribution is 6.42. The first-order valence-electron chi connectivity index (χ1n) is 5.91. The van der Waals surface area contributed by atoms with E-state index in [4.69, 9.17) is 39.5 Å². The molecule has 1 aromatic heterocycles. The summed E-state index contributed by atoms with van der Waals surface area (Å²) in [4.78, 5) is 7.56. The molecule has 7 heteroatoms. The van der Waals surface area contributed by atoms with Crippen molar-refractivity contribution in [1.29, 1.82) is 0 Å². The number of hydrogen-bond acceptors (Lipinski definition) is 3. The van der Waals surface area contributed by atoms with Crippen LogP contribution in [0.2, 0.25) is 15.1 Å². The van der Waals surface area contributed by atoms with Gasteiger partial charge in [-0.15, -0.1) is 0 Å². The predicted molar refractivity (Wildman–Crippen MR) is 84.8 cm³/mol. The molecule has 2 aromatic carbocycles. The first kappa shape index (κ1) is 14.3. The van der Waals surface area contributed by atoms with Crippen molar-refractivity contribution < 1.29 is 9.84 Å². The van der Waals surface area contributed by atoms with Crippen LogP contribution in [0.25, 0.3) is 22.4 Å². The van der Waals surface area contributed by atoms with E-state index in [1.165, 1.54) is 7.11 Å². The summed E-state index contributed by atoms with van der Waals surface area (Å²) in [5.74, 6) is 0.739. The summed E-state index contributed by atoms with van der Waals surface area (Å²) in [5, 5.41) is 10.8. The van der Waals surface area contributed by atoms with Gasteiger partial charge in [0.25, 0.3) is 0 Å². The zero-order valence-electron chi connectivity index (χ0n) is 10.7. The molecule has 2 N–H and O–H groups in total. The van der Waals surface area contributed by atoms with Crippen LogP contribution in [0, 0.1) is 0 Å². The van der Waals surface area contributed by atoms with E-state index in [2.05, 4.69) is 9.97 Å². The molecule has 1 heterocycles. The van der Waals surface area contributed by atoms with Gasteiger partial charge in [0, 0.05) is 5.56 Å². The standard InChI is InChI=1S/C14H9Cl3N2O2/c1-21-12-3-6(2-9(17)13(12)20)14-18-10-4-7(15)8(16)5-11(10)19-14/h2-5,20H,1H3,(H,18,19). The molecule has 21 heavy (non-hydrogen) atoms. The monoisotopic (exact) mass is 342 g/mol. The van der Waals surface area contributed by atoms with Crippen LogP contribution in [-0.2, 0) is 0 Å². The van der Waals surface area contributed by atoms with Crippen LogP contribution in [-0.4, -0.2) is 22.2 Å². The number of rotatable bonds is 2. The summed E-state index contributed by atoms with van der Waals surface area (Å²) >= 11 is 17.9. The van der Waals surface area contributed by atoms with Crippen molar-refractivity contribution >= 4 is 45.8 Å². The molecule has 3 aromatic rings. The Hall–Kier alpha value is -1.62. The number of phenols is 1. The van der Waals surface area contributed by atoms with E-state index < -0.39 is 0 Å². The van der Waals surface area contributed by atoms with Gasteiger partial charge < -0.3 is 14.8 Å². The molecular formula is C14H9Cl3N2O2. The smallest absolute Gasteiger partial charge is 0.176 e. The van der Waals surface area contributed by atoms with Gasteiger partial charge in [-0.1, -0.05) is 34.8 Å². The Morgan fingerprint density at radius 2 is 1.76 bits per heavy atom. The van der Waals surface area contributed by atoms with E-state index in [1.54, 1.807) is 24.3 Å². The van der Waals surface area contributed by atoms with E-state index in [0.717, 1.165) is 5.52 Å². The van der Waals surface area contributed by atoms with Crippen molar-refractivity contribution in [2.24, 2.45) is 0 Å². The van der Waals surface area contributed by atoms with Crippen molar-refractivity contribution in [3.05, 3.63) is 39.3 Å². The molecule has 0 aliphatic rings. The molecule has 108 valence electrons. The van der Waals surface area contributed by atoms with E-state index in [0.29, 0.717) is 26.9 Å². The lowest BCUT2D eigenvalue weighted by Gasteiger charge is -2.06. The number of ether oxygens (including phenoxy) is 1. The fourth-order valence-corrected chi connectivity index (χ4v) is 2.54. The summed E-state index contributed by atoms with van der Waals surface area (Å²) in [6.45, 7) is 0. The van der Waals surface area contributed by atoms with Crippen molar-refractivity contribution in [3.63, 3.8) is 0 Å². The summed E-state index contributed by atoms with van der Waals surface area (Å²) in [6.07, 6.45) is 0. The third kappa shape index (κ3) is 2.50. The normalized spacial score (nSPS) is 11.0. The lowest BCUT2D eigenvalue weighted by Crippen LogP contribution is -1.87. The number of hydrogen-bond donors (Lipinski definition) is 2. The second-order valence-corrected chi connectivity index (χ2v) is 5.60. The van der Waals surface area contributed by atoms with Crippen molar-refractivity contribution in [2.45, 2.75) is 0 Å². The van der Waals surface area contributed by atoms with E-state index in [-0.39, 0.29) is 16.5 Å². The Labute approximate surface area is 135 Å². The van der Waals surface area contributed by atoms with Crippen LogP contribution in [0.5, 0.6) is 11.5 Å². The summed E-state index contributed by atoms with van der Waals surface area (Å²) in [6, 6.07) is 6.62. The molecule has 0 spiro atoms. The highest BCUT2D eigenvalue weighted by Gasteiger charge is 2.13. The lowest BCUT2D eigenvalue weighted by atomic mass is 10.2. The fourth-order valence-electron chi connectivity index (χ4n) is 2.01. The molecular weight excluding hydrogens is 335 g/mol. The van der Waals surface area contributed by atoms with Gasteiger partial charge in [0.2, 0.25) is 0 Å². The largest absolute Gasteiger partial charge is 0.503 e. The molecule has 0 fully saturated rings. The van der Waals surface area contributed by atoms with Crippen molar-refractivity contribution in [3.8, 4) is 22.9 Å². The van der Waals surface area contributed by atoms with Crippen molar-refractivity contribution in [1.82, 2.24) is 9.97 Å². The number of phenolic OH excluding ortho intramolecular Hbond substituents is 1. The third-order valence-corrected chi connectivity index (χ3v) is 4.06. The Morgan fingerprint density at radius 1 is 1.05 bits per heavy atom. The predicted octanol–water partition coefficient (Wildman–Crippen LogP) is 4.90. The quantitative estimate of drug-likeness (QED) is 0.695. The van der Waals surface area contributed by atoms with Gasteiger partial charge >= 0.3 is 0 Å². The maximum atomic E-state index is 9.76. The molecule has 0 amide bonds. The van der Waals surface area contributed by atoms with Gasteiger partial charge in [-0.2, -0.15) is 0 Å². The van der Waals surface area contributed by atoms with Crippen LogP contribution < -0.4 is 4.74 Å². The average molecular weight is 344 g/mol.